The molecule has 0 aliphatic carbocycles. The van der Waals surface area contributed by atoms with Crippen LogP contribution in [0.2, 0.25) is 6.32 Å². The van der Waals surface area contributed by atoms with Crippen molar-refractivity contribution in [2.45, 2.75) is 13.2 Å². The highest BCUT2D eigenvalue weighted by Crippen LogP contribution is 2.12. The fourth-order valence-corrected chi connectivity index (χ4v) is 0.996. The fraction of sp³-hybridized carbons (Fsp3) is 0.385. The van der Waals surface area contributed by atoms with Crippen molar-refractivity contribution < 1.29 is 0 Å². The van der Waals surface area contributed by atoms with Gasteiger partial charge in [-0.2, -0.15) is 0 Å². The van der Waals surface area contributed by atoms with Gasteiger partial charge in [0, 0.05) is 0 Å². The van der Waals surface area contributed by atoms with Gasteiger partial charge in [0.1, 0.15) is 0 Å². The molecule has 15 heavy (non-hydrogen) atoms. The Morgan fingerprint density at radius 1 is 1.20 bits per heavy atom. The topological polar surface area (TPSA) is 3.24 Å². The van der Waals surface area contributed by atoms with E-state index in [-0.39, 0.29) is 0 Å². The van der Waals surface area contributed by atoms with E-state index in [1.165, 1.54) is 11.1 Å². The maximum Gasteiger partial charge on any atom is 0.0708 e. The molecule has 0 unspecified atom stereocenters. The molecule has 0 amide bonds. The van der Waals surface area contributed by atoms with Crippen molar-refractivity contribution in [3.8, 4) is 0 Å². The van der Waals surface area contributed by atoms with Crippen LogP contribution < -0.4 is 0 Å². The summed E-state index contributed by atoms with van der Waals surface area (Å²) in [5, 5.41) is 0. The molecule has 2 radical (unpaired) electrons. The van der Waals surface area contributed by atoms with Crippen LogP contribution >= 0.6 is 0 Å². The second kappa shape index (κ2) is 8.31. The summed E-state index contributed by atoms with van der Waals surface area (Å²) in [5.74, 6) is 0. The van der Waals surface area contributed by atoms with Crippen LogP contribution in [0.5, 0.6) is 0 Å². The summed E-state index contributed by atoms with van der Waals surface area (Å²) in [5.41, 5.74) is 2.49. The quantitative estimate of drug-likeness (QED) is 0.665. The molecule has 1 nitrogen and oxygen atoms in total. The zero-order valence-electron chi connectivity index (χ0n) is 10.2. The molecule has 0 heterocycles. The lowest BCUT2D eigenvalue weighted by Crippen LogP contribution is -1.99. The maximum atomic E-state index is 5.39. The van der Waals surface area contributed by atoms with Crippen LogP contribution in [0.15, 0.2) is 36.4 Å². The van der Waals surface area contributed by atoms with Crippen molar-refractivity contribution in [2.75, 3.05) is 21.1 Å². The predicted octanol–water partition coefficient (Wildman–Crippen LogP) is 2.85. The number of rotatable bonds is 2. The van der Waals surface area contributed by atoms with E-state index in [4.69, 9.17) is 7.85 Å². The van der Waals surface area contributed by atoms with Crippen LogP contribution in [-0.4, -0.2) is 33.9 Å². The van der Waals surface area contributed by atoms with Crippen LogP contribution in [-0.2, 0) is 0 Å². The number of benzene rings is 1. The smallest absolute Gasteiger partial charge is 0.0708 e. The molecule has 1 rings (SSSR count). The molecule has 2 heteroatoms. The minimum absolute atomic E-state index is 0.612. The van der Waals surface area contributed by atoms with E-state index in [0.717, 1.165) is 0 Å². The Kier molecular flexibility index (Phi) is 7.74. The van der Waals surface area contributed by atoms with Gasteiger partial charge in [-0.3, -0.25) is 0 Å². The van der Waals surface area contributed by atoms with Gasteiger partial charge in [-0.1, -0.05) is 42.7 Å². The minimum atomic E-state index is 0.612. The molecule has 80 valence electrons. The highest BCUT2D eigenvalue weighted by atomic mass is 15.0. The molecular formula is C13H20BN. The average Bonchev–Trinajstić information content (AvgIpc) is 2.19. The fourth-order valence-electron chi connectivity index (χ4n) is 0.996. The highest BCUT2D eigenvalue weighted by Gasteiger charge is 1.90. The Hall–Kier alpha value is -1.02. The summed E-state index contributed by atoms with van der Waals surface area (Å²) in [6.07, 6.45) is 2.63. The first-order chi connectivity index (χ1) is 7.07. The molecule has 0 aliphatic heterocycles. The van der Waals surface area contributed by atoms with Gasteiger partial charge in [0.15, 0.2) is 0 Å². The summed E-state index contributed by atoms with van der Waals surface area (Å²) < 4.78 is 0. The van der Waals surface area contributed by atoms with Crippen LogP contribution in [0.1, 0.15) is 12.5 Å². The first-order valence-electron chi connectivity index (χ1n) is 5.11. The van der Waals surface area contributed by atoms with Crippen molar-refractivity contribution in [3.63, 3.8) is 0 Å². The van der Waals surface area contributed by atoms with Gasteiger partial charge in [-0.05, 0) is 39.2 Å². The van der Waals surface area contributed by atoms with Crippen molar-refractivity contribution in [2.24, 2.45) is 0 Å². The van der Waals surface area contributed by atoms with Crippen molar-refractivity contribution in [3.05, 3.63) is 42.0 Å². The number of hydrogen-bond acceptors (Lipinski definition) is 1. The van der Waals surface area contributed by atoms with Crippen molar-refractivity contribution >= 4 is 13.4 Å². The van der Waals surface area contributed by atoms with Crippen molar-refractivity contribution in [1.29, 1.82) is 0 Å². The first-order valence-corrected chi connectivity index (χ1v) is 5.11. The molecule has 0 atom stereocenters. The lowest BCUT2D eigenvalue weighted by Gasteiger charge is -1.98. The number of hydrogen-bond donors (Lipinski definition) is 0. The van der Waals surface area contributed by atoms with E-state index in [0.29, 0.717) is 6.32 Å². The van der Waals surface area contributed by atoms with E-state index < -0.39 is 0 Å². The van der Waals surface area contributed by atoms with Crippen LogP contribution in [0.3, 0.4) is 0 Å². The Balaban J connectivity index is 0.000000423. The Morgan fingerprint density at radius 2 is 1.67 bits per heavy atom. The average molecular weight is 201 g/mol. The first kappa shape index (κ1) is 14.0. The van der Waals surface area contributed by atoms with E-state index in [2.05, 4.69) is 19.1 Å². The standard InChI is InChI=1S/C10H11B.C3H9N/c1-9(7-8-11)10-5-3-2-4-6-10;1-4(2)3/h2-7H,8H2,1H3;1-3H3/b9-7+;. The van der Waals surface area contributed by atoms with Gasteiger partial charge in [0.2, 0.25) is 0 Å². The van der Waals surface area contributed by atoms with E-state index >= 15 is 0 Å². The van der Waals surface area contributed by atoms with E-state index in [1.54, 1.807) is 0 Å². The van der Waals surface area contributed by atoms with Crippen LogP contribution in [0.25, 0.3) is 5.57 Å². The zero-order valence-corrected chi connectivity index (χ0v) is 10.2. The van der Waals surface area contributed by atoms with Gasteiger partial charge in [0.05, 0.1) is 7.85 Å². The maximum absolute atomic E-state index is 5.39. The molecule has 1 aromatic carbocycles. The lowest BCUT2D eigenvalue weighted by atomic mass is 9.99. The third kappa shape index (κ3) is 8.01. The van der Waals surface area contributed by atoms with Gasteiger partial charge < -0.3 is 4.90 Å². The van der Waals surface area contributed by atoms with E-state index in [1.807, 2.05) is 50.3 Å². The molecule has 0 spiro atoms. The van der Waals surface area contributed by atoms with Gasteiger partial charge in [0.25, 0.3) is 0 Å². The molecule has 0 aliphatic rings. The normalized spacial score (nSPS) is 10.9. The van der Waals surface area contributed by atoms with Gasteiger partial charge in [-0.15, -0.1) is 0 Å². The van der Waals surface area contributed by atoms with Gasteiger partial charge in [-0.25, -0.2) is 0 Å². The Bertz CT molecular complexity index is 275. The summed E-state index contributed by atoms with van der Waals surface area (Å²) in [7, 11) is 11.4. The zero-order chi connectivity index (χ0) is 11.7. The summed E-state index contributed by atoms with van der Waals surface area (Å²) in [6, 6.07) is 10.2. The lowest BCUT2D eigenvalue weighted by molar-refractivity contribution is 0.505. The van der Waals surface area contributed by atoms with Crippen LogP contribution in [0.4, 0.5) is 0 Å². The number of allylic oxidation sites excluding steroid dienone is 2. The van der Waals surface area contributed by atoms with Crippen molar-refractivity contribution in [1.82, 2.24) is 4.90 Å². The monoisotopic (exact) mass is 201 g/mol. The Morgan fingerprint density at radius 3 is 2.07 bits per heavy atom. The molecule has 1 aromatic rings. The molecule has 0 aromatic heterocycles. The second-order valence-electron chi connectivity index (χ2n) is 3.83. The molecular weight excluding hydrogens is 181 g/mol. The highest BCUT2D eigenvalue weighted by molar-refractivity contribution is 6.10. The second-order valence-corrected chi connectivity index (χ2v) is 3.83. The third-order valence-corrected chi connectivity index (χ3v) is 1.65. The third-order valence-electron chi connectivity index (χ3n) is 1.65. The van der Waals surface area contributed by atoms with Crippen LogP contribution in [0, 0.1) is 0 Å². The molecule has 0 fully saturated rings. The SMILES string of the molecule is CN(C)C.[B]C/C=C(\C)c1ccccc1. The summed E-state index contributed by atoms with van der Waals surface area (Å²) >= 11 is 0. The number of nitrogens with zero attached hydrogens (tertiary/aromatic N) is 1. The molecule has 0 N–H and O–H groups in total. The largest absolute Gasteiger partial charge is 0.312 e. The molecule has 0 bridgehead atoms. The summed E-state index contributed by atoms with van der Waals surface area (Å²) in [6.45, 7) is 2.07. The Labute approximate surface area is 95.2 Å². The van der Waals surface area contributed by atoms with Gasteiger partial charge >= 0.3 is 0 Å². The molecule has 0 saturated heterocycles. The van der Waals surface area contributed by atoms with E-state index in [9.17, 15) is 0 Å². The summed E-state index contributed by atoms with van der Waals surface area (Å²) in [4.78, 5) is 2.00. The molecule has 0 saturated carbocycles. The predicted molar refractivity (Wildman–Crippen MR) is 70.3 cm³/mol. The minimum Gasteiger partial charge on any atom is -0.312 e.